The number of alkyl halides is 2. The number of carbonyl (C=O) groups is 1. The zero-order valence-corrected chi connectivity index (χ0v) is 14.1. The van der Waals surface area contributed by atoms with E-state index in [0.29, 0.717) is 5.16 Å². The number of hydrogen-bond donors (Lipinski definition) is 1. The summed E-state index contributed by atoms with van der Waals surface area (Å²) >= 11 is 1.18. The summed E-state index contributed by atoms with van der Waals surface area (Å²) < 4.78 is 30.8. The first-order valence-corrected chi connectivity index (χ1v) is 8.05. The Bertz CT molecular complexity index is 695. The van der Waals surface area contributed by atoms with Gasteiger partial charge in [0.05, 0.1) is 17.0 Å². The fourth-order valence-electron chi connectivity index (χ4n) is 1.80. The van der Waals surface area contributed by atoms with Crippen LogP contribution in [0.4, 0.5) is 14.5 Å². The highest BCUT2D eigenvalue weighted by molar-refractivity contribution is 8.00. The van der Waals surface area contributed by atoms with Gasteiger partial charge in [-0.1, -0.05) is 23.9 Å². The van der Waals surface area contributed by atoms with Crippen molar-refractivity contribution in [1.29, 1.82) is 0 Å². The molecule has 10 heteroatoms. The summed E-state index contributed by atoms with van der Waals surface area (Å²) in [6, 6.07) is 6.07. The van der Waals surface area contributed by atoms with E-state index in [1.165, 1.54) is 23.9 Å². The van der Waals surface area contributed by atoms with Crippen molar-refractivity contribution in [3.05, 3.63) is 24.3 Å². The summed E-state index contributed by atoms with van der Waals surface area (Å²) in [5, 5.41) is 13.9. The number of tetrazole rings is 1. The minimum atomic E-state index is -2.97. The van der Waals surface area contributed by atoms with Gasteiger partial charge in [0, 0.05) is 0 Å². The minimum Gasteiger partial charge on any atom is -0.433 e. The summed E-state index contributed by atoms with van der Waals surface area (Å²) in [6.07, 6.45) is 0. The summed E-state index contributed by atoms with van der Waals surface area (Å²) in [5.74, 6) is -0.464. The van der Waals surface area contributed by atoms with Crippen LogP contribution < -0.4 is 10.1 Å². The lowest BCUT2D eigenvalue weighted by Gasteiger charge is -2.15. The number of para-hydroxylation sites is 2. The monoisotopic (exact) mass is 357 g/mol. The zero-order chi connectivity index (χ0) is 17.7. The minimum absolute atomic E-state index is 0.0536. The van der Waals surface area contributed by atoms with Crippen LogP contribution in [0, 0.1) is 0 Å². The molecule has 0 bridgehead atoms. The normalized spacial score (nSPS) is 12.5. The van der Waals surface area contributed by atoms with Crippen molar-refractivity contribution in [2.24, 2.45) is 0 Å². The molecule has 0 spiro atoms. The van der Waals surface area contributed by atoms with Gasteiger partial charge < -0.3 is 10.1 Å². The van der Waals surface area contributed by atoms with Crippen LogP contribution in [-0.4, -0.2) is 38.0 Å². The smallest absolute Gasteiger partial charge is 0.387 e. The van der Waals surface area contributed by atoms with E-state index in [9.17, 15) is 13.6 Å². The largest absolute Gasteiger partial charge is 0.433 e. The number of halogens is 2. The maximum absolute atomic E-state index is 12.4. The highest BCUT2D eigenvalue weighted by Gasteiger charge is 2.21. The topological polar surface area (TPSA) is 81.9 Å². The van der Waals surface area contributed by atoms with Gasteiger partial charge in [0.1, 0.15) is 5.75 Å². The molecule has 0 aliphatic carbocycles. The fourth-order valence-corrected chi connectivity index (χ4v) is 2.72. The quantitative estimate of drug-likeness (QED) is 0.767. The highest BCUT2D eigenvalue weighted by Crippen LogP contribution is 2.28. The number of anilines is 1. The Morgan fingerprint density at radius 3 is 2.67 bits per heavy atom. The number of nitrogens with one attached hydrogen (secondary N) is 1. The number of rotatable bonds is 7. The van der Waals surface area contributed by atoms with E-state index in [1.54, 1.807) is 23.7 Å². The number of benzene rings is 1. The van der Waals surface area contributed by atoms with Crippen molar-refractivity contribution in [1.82, 2.24) is 20.2 Å². The Balaban J connectivity index is 2.05. The Labute approximate surface area is 141 Å². The maximum Gasteiger partial charge on any atom is 0.387 e. The summed E-state index contributed by atoms with van der Waals surface area (Å²) in [4.78, 5) is 12.3. The molecule has 1 amide bonds. The van der Waals surface area contributed by atoms with Crippen LogP contribution >= 0.6 is 11.8 Å². The molecule has 2 aromatic rings. The Morgan fingerprint density at radius 2 is 2.00 bits per heavy atom. The van der Waals surface area contributed by atoms with Crippen LogP contribution in [0.25, 0.3) is 0 Å². The molecule has 0 unspecified atom stereocenters. The summed E-state index contributed by atoms with van der Waals surface area (Å²) in [5.41, 5.74) is 0.179. The SMILES string of the molecule is CC(C)n1nnnc1S[C@@H](C)C(=O)Nc1ccccc1OC(F)F. The lowest BCUT2D eigenvalue weighted by Crippen LogP contribution is -2.23. The van der Waals surface area contributed by atoms with Crippen molar-refractivity contribution in [2.75, 3.05) is 5.32 Å². The second kappa shape index (κ2) is 8.04. The standard InChI is InChI=1S/C14H17F2N5O2S/c1-8(2)21-14(18-19-20-21)24-9(3)12(22)17-10-6-4-5-7-11(10)23-13(15)16/h4-9,13H,1-3H3,(H,17,22)/t9-/m0/s1. The molecule has 0 saturated carbocycles. The van der Waals surface area contributed by atoms with E-state index < -0.39 is 11.9 Å². The van der Waals surface area contributed by atoms with Crippen molar-refractivity contribution >= 4 is 23.4 Å². The molecule has 1 aromatic heterocycles. The van der Waals surface area contributed by atoms with Crippen molar-refractivity contribution in [2.45, 2.75) is 43.8 Å². The molecule has 0 saturated heterocycles. The number of ether oxygens (including phenoxy) is 1. The number of thioether (sulfide) groups is 1. The molecule has 130 valence electrons. The van der Waals surface area contributed by atoms with Crippen LogP contribution in [0.3, 0.4) is 0 Å². The maximum atomic E-state index is 12.4. The molecule has 0 radical (unpaired) electrons. The van der Waals surface area contributed by atoms with E-state index in [4.69, 9.17) is 0 Å². The van der Waals surface area contributed by atoms with Crippen LogP contribution in [0.2, 0.25) is 0 Å². The molecule has 24 heavy (non-hydrogen) atoms. The molecule has 7 nitrogen and oxygen atoms in total. The van der Waals surface area contributed by atoms with Gasteiger partial charge in [0.2, 0.25) is 11.1 Å². The van der Waals surface area contributed by atoms with E-state index in [0.717, 1.165) is 0 Å². The average Bonchev–Trinajstić information content (AvgIpc) is 2.97. The molecule has 0 aliphatic rings. The third-order valence-electron chi connectivity index (χ3n) is 2.96. The number of carbonyl (C=O) groups excluding carboxylic acids is 1. The number of amides is 1. The second-order valence-electron chi connectivity index (χ2n) is 5.12. The number of nitrogens with zero attached hydrogens (tertiary/aromatic N) is 4. The average molecular weight is 357 g/mol. The third-order valence-corrected chi connectivity index (χ3v) is 4.01. The Hall–Kier alpha value is -2.23. The molecular weight excluding hydrogens is 340 g/mol. The molecule has 0 aliphatic heterocycles. The lowest BCUT2D eigenvalue weighted by molar-refractivity contribution is -0.115. The van der Waals surface area contributed by atoms with Crippen LogP contribution in [0.5, 0.6) is 5.75 Å². The molecular formula is C14H17F2N5O2S. The van der Waals surface area contributed by atoms with E-state index in [2.05, 4.69) is 25.6 Å². The van der Waals surface area contributed by atoms with Gasteiger partial charge in [-0.05, 0) is 43.3 Å². The third kappa shape index (κ3) is 4.63. The highest BCUT2D eigenvalue weighted by atomic mass is 32.2. The van der Waals surface area contributed by atoms with Crippen LogP contribution in [0.15, 0.2) is 29.4 Å². The first kappa shape index (κ1) is 18.1. The lowest BCUT2D eigenvalue weighted by atomic mass is 10.3. The molecule has 1 aromatic carbocycles. The van der Waals surface area contributed by atoms with Gasteiger partial charge in [0.25, 0.3) is 0 Å². The first-order valence-electron chi connectivity index (χ1n) is 7.17. The number of hydrogen-bond acceptors (Lipinski definition) is 6. The Morgan fingerprint density at radius 1 is 1.29 bits per heavy atom. The van der Waals surface area contributed by atoms with Gasteiger partial charge in [-0.25, -0.2) is 4.68 Å². The molecule has 1 N–H and O–H groups in total. The summed E-state index contributed by atoms with van der Waals surface area (Å²) in [6.45, 7) is 2.55. The van der Waals surface area contributed by atoms with Crippen molar-refractivity contribution in [3.63, 3.8) is 0 Å². The van der Waals surface area contributed by atoms with E-state index in [-0.39, 0.29) is 23.4 Å². The van der Waals surface area contributed by atoms with Gasteiger partial charge >= 0.3 is 6.61 Å². The summed E-state index contributed by atoms with van der Waals surface area (Å²) in [7, 11) is 0. The van der Waals surface area contributed by atoms with Crippen molar-refractivity contribution in [3.8, 4) is 5.75 Å². The predicted molar refractivity (Wildman–Crippen MR) is 85.2 cm³/mol. The first-order chi connectivity index (χ1) is 11.4. The van der Waals surface area contributed by atoms with Crippen molar-refractivity contribution < 1.29 is 18.3 Å². The van der Waals surface area contributed by atoms with Gasteiger partial charge in [-0.3, -0.25) is 4.79 Å². The van der Waals surface area contributed by atoms with Crippen LogP contribution in [0.1, 0.15) is 26.8 Å². The van der Waals surface area contributed by atoms with E-state index >= 15 is 0 Å². The molecule has 0 fully saturated rings. The molecule has 1 atom stereocenters. The van der Waals surface area contributed by atoms with Gasteiger partial charge in [0.15, 0.2) is 0 Å². The van der Waals surface area contributed by atoms with Gasteiger partial charge in [-0.2, -0.15) is 8.78 Å². The zero-order valence-electron chi connectivity index (χ0n) is 13.3. The predicted octanol–water partition coefficient (Wildman–Crippen LogP) is 2.97. The Kier molecular flexibility index (Phi) is 6.07. The fraction of sp³-hybridized carbons (Fsp3) is 0.429. The van der Waals surface area contributed by atoms with Gasteiger partial charge in [-0.15, -0.1) is 5.10 Å². The molecule has 2 rings (SSSR count). The number of aromatic nitrogens is 4. The van der Waals surface area contributed by atoms with E-state index in [1.807, 2.05) is 13.8 Å². The molecule has 1 heterocycles. The second-order valence-corrected chi connectivity index (χ2v) is 6.43. The van der Waals surface area contributed by atoms with Crippen LogP contribution in [-0.2, 0) is 4.79 Å².